The third kappa shape index (κ3) is 4.37. The van der Waals surface area contributed by atoms with Crippen molar-refractivity contribution in [3.63, 3.8) is 0 Å². The van der Waals surface area contributed by atoms with Crippen molar-refractivity contribution in [1.82, 2.24) is 9.62 Å². The van der Waals surface area contributed by atoms with Gasteiger partial charge < -0.3 is 10.1 Å². The lowest BCUT2D eigenvalue weighted by molar-refractivity contribution is 0.196. The third-order valence-corrected chi connectivity index (χ3v) is 5.27. The fourth-order valence-electron chi connectivity index (χ4n) is 1.98. The first-order chi connectivity index (χ1) is 7.52. The van der Waals surface area contributed by atoms with Gasteiger partial charge in [0.1, 0.15) is 0 Å². The van der Waals surface area contributed by atoms with E-state index in [-0.39, 0.29) is 25.1 Å². The molecule has 1 rings (SSSR count). The number of nitrogens with zero attached hydrogens (tertiary/aromatic N) is 1. The molecule has 0 spiro atoms. The highest BCUT2D eigenvalue weighted by molar-refractivity contribution is 7.89. The second-order valence-corrected chi connectivity index (χ2v) is 6.65. The molecule has 0 amide bonds. The topological polar surface area (TPSA) is 58.6 Å². The molecule has 1 N–H and O–H groups in total. The highest BCUT2D eigenvalue weighted by atomic mass is 35.5. The number of rotatable bonds is 5. The van der Waals surface area contributed by atoms with Gasteiger partial charge in [0.15, 0.2) is 0 Å². The van der Waals surface area contributed by atoms with E-state index >= 15 is 0 Å². The van der Waals surface area contributed by atoms with Crippen LogP contribution in [0.15, 0.2) is 0 Å². The molecule has 0 bridgehead atoms. The maximum absolute atomic E-state index is 12.2. The fraction of sp³-hybridized carbons (Fsp3) is 1.00. The van der Waals surface area contributed by atoms with Gasteiger partial charge >= 0.3 is 0 Å². The van der Waals surface area contributed by atoms with E-state index in [1.807, 2.05) is 7.05 Å². The molecular weight excluding hydrogens is 264 g/mol. The summed E-state index contributed by atoms with van der Waals surface area (Å²) in [6.45, 7) is 3.16. The Bertz CT molecular complexity index is 311. The van der Waals surface area contributed by atoms with E-state index in [1.54, 1.807) is 11.2 Å². The lowest BCUT2D eigenvalue weighted by Gasteiger charge is -2.33. The Kier molecular flexibility index (Phi) is 7.58. The molecule has 0 aliphatic carbocycles. The molecule has 0 radical (unpaired) electrons. The van der Waals surface area contributed by atoms with Crippen molar-refractivity contribution in [2.24, 2.45) is 0 Å². The summed E-state index contributed by atoms with van der Waals surface area (Å²) in [6.07, 6.45) is 1.96. The molecule has 0 aromatic heterocycles. The average molecular weight is 287 g/mol. The molecule has 2 unspecified atom stereocenters. The zero-order chi connectivity index (χ0) is 12.2. The van der Waals surface area contributed by atoms with Crippen molar-refractivity contribution < 1.29 is 13.2 Å². The Morgan fingerprint density at radius 2 is 2.18 bits per heavy atom. The second kappa shape index (κ2) is 7.53. The van der Waals surface area contributed by atoms with Crippen molar-refractivity contribution in [2.75, 3.05) is 33.9 Å². The Hall–Kier alpha value is 0.120. The van der Waals surface area contributed by atoms with Crippen LogP contribution in [0.2, 0.25) is 0 Å². The number of piperidine rings is 1. The van der Waals surface area contributed by atoms with Crippen LogP contribution >= 0.6 is 12.4 Å². The van der Waals surface area contributed by atoms with Gasteiger partial charge in [-0.3, -0.25) is 0 Å². The first-order valence-corrected chi connectivity index (χ1v) is 7.17. The van der Waals surface area contributed by atoms with Crippen molar-refractivity contribution in [3.05, 3.63) is 0 Å². The van der Waals surface area contributed by atoms with Gasteiger partial charge in [0.25, 0.3) is 0 Å². The maximum Gasteiger partial charge on any atom is 0.219 e. The largest absolute Gasteiger partial charge is 0.383 e. The standard InChI is InChI=1S/C10H22N2O3S.ClH/c1-9(8-15-3)16(13,14)12-6-4-5-10(7-12)11-2;/h9-11H,4-8H2,1-3H3;1H. The molecule has 104 valence electrons. The number of sulfonamides is 1. The second-order valence-electron chi connectivity index (χ2n) is 4.30. The molecule has 2 atom stereocenters. The number of hydrogen-bond donors (Lipinski definition) is 1. The smallest absolute Gasteiger partial charge is 0.219 e. The van der Waals surface area contributed by atoms with Gasteiger partial charge in [0, 0.05) is 26.2 Å². The normalized spacial score (nSPS) is 24.1. The predicted molar refractivity (Wildman–Crippen MR) is 71.2 cm³/mol. The van der Waals surface area contributed by atoms with E-state index in [2.05, 4.69) is 5.32 Å². The molecule has 1 aliphatic heterocycles. The minimum atomic E-state index is -3.20. The van der Waals surface area contributed by atoms with E-state index in [0.717, 1.165) is 12.8 Å². The number of halogens is 1. The molecule has 5 nitrogen and oxygen atoms in total. The maximum atomic E-state index is 12.2. The Morgan fingerprint density at radius 1 is 1.53 bits per heavy atom. The molecular formula is C10H23ClN2O3S. The van der Waals surface area contributed by atoms with Gasteiger partial charge in [-0.05, 0) is 26.8 Å². The Labute approximate surface area is 110 Å². The summed E-state index contributed by atoms with van der Waals surface area (Å²) in [5, 5.41) is 2.67. The highest BCUT2D eigenvalue weighted by Gasteiger charge is 2.32. The van der Waals surface area contributed by atoms with Crippen molar-refractivity contribution in [3.8, 4) is 0 Å². The third-order valence-electron chi connectivity index (χ3n) is 3.06. The molecule has 17 heavy (non-hydrogen) atoms. The number of hydrogen-bond acceptors (Lipinski definition) is 4. The van der Waals surface area contributed by atoms with Crippen LogP contribution in [0.3, 0.4) is 0 Å². The summed E-state index contributed by atoms with van der Waals surface area (Å²) in [4.78, 5) is 0. The number of nitrogens with one attached hydrogen (secondary N) is 1. The molecule has 0 aromatic rings. The Balaban J connectivity index is 0.00000256. The predicted octanol–water partition coefficient (Wildman–Crippen LogP) is 0.457. The van der Waals surface area contributed by atoms with E-state index in [0.29, 0.717) is 13.1 Å². The summed E-state index contributed by atoms with van der Waals surface area (Å²) in [7, 11) is 0.202. The van der Waals surface area contributed by atoms with Crippen LogP contribution in [0.5, 0.6) is 0 Å². The summed E-state index contributed by atoms with van der Waals surface area (Å²) >= 11 is 0. The zero-order valence-electron chi connectivity index (χ0n) is 10.7. The Morgan fingerprint density at radius 3 is 2.71 bits per heavy atom. The molecule has 1 saturated heterocycles. The average Bonchev–Trinajstić information content (AvgIpc) is 2.29. The van der Waals surface area contributed by atoms with Crippen LogP contribution in [0.1, 0.15) is 19.8 Å². The summed E-state index contributed by atoms with van der Waals surface area (Å²) in [6, 6.07) is 0.276. The monoisotopic (exact) mass is 286 g/mol. The van der Waals surface area contributed by atoms with Gasteiger partial charge in [-0.2, -0.15) is 0 Å². The van der Waals surface area contributed by atoms with Crippen LogP contribution < -0.4 is 5.32 Å². The molecule has 0 saturated carbocycles. The molecule has 1 fully saturated rings. The molecule has 1 heterocycles. The molecule has 7 heteroatoms. The fourth-order valence-corrected chi connectivity index (χ4v) is 3.57. The van der Waals surface area contributed by atoms with E-state index < -0.39 is 15.3 Å². The number of likely N-dealkylation sites (N-methyl/N-ethyl adjacent to an activating group) is 1. The first-order valence-electron chi connectivity index (χ1n) is 5.67. The van der Waals surface area contributed by atoms with E-state index in [9.17, 15) is 8.42 Å². The minimum absolute atomic E-state index is 0. The van der Waals surface area contributed by atoms with Crippen molar-refractivity contribution in [2.45, 2.75) is 31.1 Å². The molecule has 0 aromatic carbocycles. The van der Waals surface area contributed by atoms with Gasteiger partial charge in [-0.1, -0.05) is 0 Å². The number of ether oxygens (including phenoxy) is 1. The molecule has 1 aliphatic rings. The quantitative estimate of drug-likeness (QED) is 0.798. The van der Waals surface area contributed by atoms with Gasteiger partial charge in [0.05, 0.1) is 11.9 Å². The lowest BCUT2D eigenvalue weighted by atomic mass is 10.1. The van der Waals surface area contributed by atoms with Crippen LogP contribution in [0.25, 0.3) is 0 Å². The summed E-state index contributed by atoms with van der Waals surface area (Å²) in [5.41, 5.74) is 0. The van der Waals surface area contributed by atoms with Crippen LogP contribution in [-0.2, 0) is 14.8 Å². The number of methoxy groups -OCH3 is 1. The van der Waals surface area contributed by atoms with E-state index in [1.165, 1.54) is 7.11 Å². The van der Waals surface area contributed by atoms with E-state index in [4.69, 9.17) is 4.74 Å². The SMILES string of the molecule is CNC1CCCN(S(=O)(=O)C(C)COC)C1.Cl. The van der Waals surface area contributed by atoms with Crippen LogP contribution in [-0.4, -0.2) is 57.9 Å². The minimum Gasteiger partial charge on any atom is -0.383 e. The van der Waals surface area contributed by atoms with Crippen molar-refractivity contribution in [1.29, 1.82) is 0 Å². The van der Waals surface area contributed by atoms with Crippen LogP contribution in [0.4, 0.5) is 0 Å². The summed E-state index contributed by atoms with van der Waals surface area (Å²) < 4.78 is 30.8. The first kappa shape index (κ1) is 17.1. The highest BCUT2D eigenvalue weighted by Crippen LogP contribution is 2.17. The zero-order valence-corrected chi connectivity index (χ0v) is 12.3. The van der Waals surface area contributed by atoms with Gasteiger partial charge in [-0.25, -0.2) is 12.7 Å². The summed E-state index contributed by atoms with van der Waals surface area (Å²) in [5.74, 6) is 0. The lowest BCUT2D eigenvalue weighted by Crippen LogP contribution is -2.49. The van der Waals surface area contributed by atoms with Gasteiger partial charge in [-0.15, -0.1) is 12.4 Å². The van der Waals surface area contributed by atoms with Crippen molar-refractivity contribution >= 4 is 22.4 Å². The van der Waals surface area contributed by atoms with Gasteiger partial charge in [0.2, 0.25) is 10.0 Å². The van der Waals surface area contributed by atoms with Crippen LogP contribution in [0, 0.1) is 0 Å².